The smallest absolute Gasteiger partial charge is 0.314 e. The number of carbonyl (C=O) groups excluding carboxylic acids is 1. The number of nitrogens with one attached hydrogen (secondary N) is 3. The van der Waals surface area contributed by atoms with Crippen molar-refractivity contribution in [2.24, 2.45) is 5.92 Å². The predicted molar refractivity (Wildman–Crippen MR) is 59.7 cm³/mol. The minimum absolute atomic E-state index is 0.0345. The van der Waals surface area contributed by atoms with Gasteiger partial charge in [-0.3, -0.25) is 0 Å². The number of rotatable bonds is 3. The van der Waals surface area contributed by atoms with Gasteiger partial charge in [0.15, 0.2) is 0 Å². The Hall–Kier alpha value is -0.770. The maximum absolute atomic E-state index is 11.4. The van der Waals surface area contributed by atoms with Gasteiger partial charge in [-0.15, -0.1) is 0 Å². The van der Waals surface area contributed by atoms with E-state index in [1.807, 2.05) is 13.8 Å². The van der Waals surface area contributed by atoms with Gasteiger partial charge in [-0.25, -0.2) is 4.79 Å². The second-order valence-corrected chi connectivity index (χ2v) is 5.05. The van der Waals surface area contributed by atoms with Gasteiger partial charge < -0.3 is 16.0 Å². The second-order valence-electron chi connectivity index (χ2n) is 5.05. The third kappa shape index (κ3) is 2.62. The van der Waals surface area contributed by atoms with Crippen molar-refractivity contribution >= 4 is 6.03 Å². The van der Waals surface area contributed by atoms with E-state index in [1.165, 1.54) is 19.3 Å². The zero-order valence-corrected chi connectivity index (χ0v) is 9.55. The molecule has 3 N–H and O–H groups in total. The highest BCUT2D eigenvalue weighted by Gasteiger charge is 2.38. The molecular formula is C11H21N3O. The van der Waals surface area contributed by atoms with Gasteiger partial charge in [0.05, 0.1) is 0 Å². The Kier molecular flexibility index (Phi) is 3.14. The molecule has 3 atom stereocenters. The first-order chi connectivity index (χ1) is 7.15. The Morgan fingerprint density at radius 3 is 2.80 bits per heavy atom. The molecule has 2 amide bonds. The summed E-state index contributed by atoms with van der Waals surface area (Å²) in [5, 5.41) is 9.36. The molecule has 0 spiro atoms. The van der Waals surface area contributed by atoms with Crippen LogP contribution in [0.2, 0.25) is 0 Å². The third-order valence-corrected chi connectivity index (χ3v) is 3.38. The molecule has 2 aliphatic rings. The van der Waals surface area contributed by atoms with Gasteiger partial charge in [-0.2, -0.15) is 0 Å². The van der Waals surface area contributed by atoms with Gasteiger partial charge in [0, 0.05) is 24.7 Å². The van der Waals surface area contributed by atoms with Gasteiger partial charge in [0.25, 0.3) is 0 Å². The van der Waals surface area contributed by atoms with Crippen LogP contribution in [0.4, 0.5) is 4.79 Å². The number of hydrogen-bond donors (Lipinski definition) is 3. The van der Waals surface area contributed by atoms with E-state index in [0.717, 1.165) is 12.6 Å². The number of urea groups is 1. The Morgan fingerprint density at radius 1 is 1.47 bits per heavy atom. The van der Waals surface area contributed by atoms with E-state index in [4.69, 9.17) is 0 Å². The van der Waals surface area contributed by atoms with E-state index in [-0.39, 0.29) is 12.1 Å². The number of carbonyl (C=O) groups is 1. The summed E-state index contributed by atoms with van der Waals surface area (Å²) in [6.07, 6.45) is 3.83. The van der Waals surface area contributed by atoms with Crippen molar-refractivity contribution in [2.75, 3.05) is 6.54 Å². The molecular weight excluding hydrogens is 190 g/mol. The molecule has 0 saturated carbocycles. The molecule has 0 radical (unpaired) electrons. The first kappa shape index (κ1) is 10.7. The minimum atomic E-state index is -0.0345. The fraction of sp³-hybridized carbons (Fsp3) is 0.909. The molecule has 2 rings (SSSR count). The van der Waals surface area contributed by atoms with Crippen molar-refractivity contribution in [1.82, 2.24) is 16.0 Å². The summed E-state index contributed by atoms with van der Waals surface area (Å²) in [4.78, 5) is 11.4. The SMILES string of the molecule is CC(C)NC(=O)NCC1CC2CCC1N2. The van der Waals surface area contributed by atoms with Gasteiger partial charge >= 0.3 is 6.03 Å². The van der Waals surface area contributed by atoms with Crippen LogP contribution in [0.1, 0.15) is 33.1 Å². The first-order valence-electron chi connectivity index (χ1n) is 5.95. The molecule has 3 unspecified atom stereocenters. The lowest BCUT2D eigenvalue weighted by molar-refractivity contribution is 0.235. The zero-order chi connectivity index (χ0) is 10.8. The van der Waals surface area contributed by atoms with Crippen molar-refractivity contribution in [1.29, 1.82) is 0 Å². The Labute approximate surface area is 91.2 Å². The fourth-order valence-corrected chi connectivity index (χ4v) is 2.70. The summed E-state index contributed by atoms with van der Waals surface area (Å²) in [6, 6.07) is 1.54. The molecule has 0 aromatic heterocycles. The second kappa shape index (κ2) is 4.39. The zero-order valence-electron chi connectivity index (χ0n) is 9.55. The van der Waals surface area contributed by atoms with Gasteiger partial charge in [0.1, 0.15) is 0 Å². The topological polar surface area (TPSA) is 53.2 Å². The molecule has 0 aromatic carbocycles. The maximum Gasteiger partial charge on any atom is 0.314 e. The molecule has 4 heteroatoms. The average Bonchev–Trinajstić information content (AvgIpc) is 2.74. The van der Waals surface area contributed by atoms with Crippen molar-refractivity contribution < 1.29 is 4.79 Å². The van der Waals surface area contributed by atoms with E-state index >= 15 is 0 Å². The van der Waals surface area contributed by atoms with Crippen LogP contribution in [0.5, 0.6) is 0 Å². The van der Waals surface area contributed by atoms with E-state index in [9.17, 15) is 4.79 Å². The number of hydrogen-bond acceptors (Lipinski definition) is 2. The van der Waals surface area contributed by atoms with Crippen LogP contribution >= 0.6 is 0 Å². The van der Waals surface area contributed by atoms with E-state index in [1.54, 1.807) is 0 Å². The van der Waals surface area contributed by atoms with Gasteiger partial charge in [-0.1, -0.05) is 0 Å². The fourth-order valence-electron chi connectivity index (χ4n) is 2.70. The third-order valence-electron chi connectivity index (χ3n) is 3.38. The molecule has 0 aromatic rings. The van der Waals surface area contributed by atoms with Crippen LogP contribution < -0.4 is 16.0 Å². The molecule has 2 saturated heterocycles. The first-order valence-corrected chi connectivity index (χ1v) is 5.95. The van der Waals surface area contributed by atoms with Crippen LogP contribution in [0.15, 0.2) is 0 Å². The number of fused-ring (bicyclic) bond motifs is 2. The van der Waals surface area contributed by atoms with Crippen molar-refractivity contribution in [3.8, 4) is 0 Å². The van der Waals surface area contributed by atoms with Crippen LogP contribution in [0, 0.1) is 5.92 Å². The van der Waals surface area contributed by atoms with Crippen LogP contribution in [0.3, 0.4) is 0 Å². The van der Waals surface area contributed by atoms with E-state index in [0.29, 0.717) is 12.0 Å². The standard InChI is InChI=1S/C11H21N3O/c1-7(2)13-11(15)12-6-8-5-9-3-4-10(8)14-9/h7-10,14H,3-6H2,1-2H3,(H2,12,13,15). The van der Waals surface area contributed by atoms with Crippen LogP contribution in [0.25, 0.3) is 0 Å². The maximum atomic E-state index is 11.4. The van der Waals surface area contributed by atoms with E-state index < -0.39 is 0 Å². The molecule has 2 bridgehead atoms. The van der Waals surface area contributed by atoms with Crippen molar-refractivity contribution in [3.05, 3.63) is 0 Å². The monoisotopic (exact) mass is 211 g/mol. The summed E-state index contributed by atoms with van der Waals surface area (Å²) in [6.45, 7) is 4.75. The molecule has 2 heterocycles. The highest BCUT2D eigenvalue weighted by Crippen LogP contribution is 2.32. The summed E-state index contributed by atoms with van der Waals surface area (Å²) in [5.74, 6) is 0.640. The summed E-state index contributed by atoms with van der Waals surface area (Å²) >= 11 is 0. The normalized spacial score (nSPS) is 33.4. The summed E-state index contributed by atoms with van der Waals surface area (Å²) < 4.78 is 0. The van der Waals surface area contributed by atoms with Crippen LogP contribution in [-0.2, 0) is 0 Å². The minimum Gasteiger partial charge on any atom is -0.338 e. The van der Waals surface area contributed by atoms with Crippen molar-refractivity contribution in [3.63, 3.8) is 0 Å². The Balaban J connectivity index is 1.68. The lowest BCUT2D eigenvalue weighted by Gasteiger charge is -2.20. The molecule has 15 heavy (non-hydrogen) atoms. The Bertz CT molecular complexity index is 242. The van der Waals surface area contributed by atoms with Gasteiger partial charge in [0.2, 0.25) is 0 Å². The average molecular weight is 211 g/mol. The molecule has 2 fully saturated rings. The van der Waals surface area contributed by atoms with E-state index in [2.05, 4.69) is 16.0 Å². The summed E-state index contributed by atoms with van der Waals surface area (Å²) in [7, 11) is 0. The lowest BCUT2D eigenvalue weighted by atomic mass is 9.89. The van der Waals surface area contributed by atoms with Crippen molar-refractivity contribution in [2.45, 2.75) is 51.2 Å². The highest BCUT2D eigenvalue weighted by molar-refractivity contribution is 5.74. The predicted octanol–water partition coefficient (Wildman–Crippen LogP) is 0.834. The highest BCUT2D eigenvalue weighted by atomic mass is 16.2. The lowest BCUT2D eigenvalue weighted by Crippen LogP contribution is -2.43. The van der Waals surface area contributed by atoms with Gasteiger partial charge in [-0.05, 0) is 39.0 Å². The quantitative estimate of drug-likeness (QED) is 0.648. The molecule has 4 nitrogen and oxygen atoms in total. The molecule has 0 aliphatic carbocycles. The largest absolute Gasteiger partial charge is 0.338 e. The number of amides is 2. The molecule has 2 aliphatic heterocycles. The molecule has 86 valence electrons. The van der Waals surface area contributed by atoms with Crippen LogP contribution in [-0.4, -0.2) is 30.7 Å². The summed E-state index contributed by atoms with van der Waals surface area (Å²) in [5.41, 5.74) is 0. The Morgan fingerprint density at radius 2 is 2.27 bits per heavy atom.